The molecule has 4 fully saturated rings. The molecule has 16 nitrogen and oxygen atoms in total. The number of ether oxygens (including phenoxy) is 4. The number of carbonyl (C=O) groups excluding carboxylic acids is 4. The van der Waals surface area contributed by atoms with Crippen molar-refractivity contribution in [3.8, 4) is 0 Å². The maximum absolute atomic E-state index is 14.1. The first kappa shape index (κ1) is 38.8. The van der Waals surface area contributed by atoms with Crippen molar-refractivity contribution in [2.75, 3.05) is 75.9 Å². The van der Waals surface area contributed by atoms with Gasteiger partial charge in [-0.05, 0) is 71.2 Å². The standard InChI is InChI=1S/C48H50N8O8/c1-61-41(57)53-23-19-45(27-11-5-7-17-33(27)49-37(45)53)29-13-9-15-31-35(29)51-39-47(31,21-25-55(39)43(59)63-3)48-22-26-56(44(60)64-4)40(48)52-36-30(14-10-16-32(36)48)46-20-24-54(42(58)62-2)38(46)50-34-18-8-6-12-28(34)46/h5-18,37-40,49-52H,19-26H2,1-4H3. The summed E-state index contributed by atoms with van der Waals surface area (Å²) in [7, 11) is 5.65. The molecular formula is C48H50N8O8. The molecule has 4 saturated heterocycles. The van der Waals surface area contributed by atoms with Gasteiger partial charge in [-0.15, -0.1) is 0 Å². The number of hydrogen-bond donors (Lipinski definition) is 4. The first-order valence-electron chi connectivity index (χ1n) is 22.1. The van der Waals surface area contributed by atoms with E-state index >= 15 is 0 Å². The Kier molecular flexibility index (Phi) is 8.09. The van der Waals surface area contributed by atoms with E-state index in [2.05, 4.69) is 81.9 Å². The van der Waals surface area contributed by atoms with E-state index in [-0.39, 0.29) is 0 Å². The van der Waals surface area contributed by atoms with Gasteiger partial charge in [0.25, 0.3) is 0 Å². The third kappa shape index (κ3) is 4.38. The fourth-order valence-electron chi connectivity index (χ4n) is 14.2. The number of carbonyl (C=O) groups is 4. The molecule has 4 aromatic carbocycles. The van der Waals surface area contributed by atoms with Crippen LogP contribution in [0.1, 0.15) is 59.1 Å². The van der Waals surface area contributed by atoms with Crippen molar-refractivity contribution < 1.29 is 38.1 Å². The van der Waals surface area contributed by atoms with Crippen LogP contribution in [0.4, 0.5) is 41.9 Å². The Bertz CT molecular complexity index is 2520. The molecule has 0 bridgehead atoms. The van der Waals surface area contributed by atoms with E-state index in [1.807, 2.05) is 24.3 Å². The quantitative estimate of drug-likeness (QED) is 0.170. The predicted octanol–water partition coefficient (Wildman–Crippen LogP) is 6.33. The Morgan fingerprint density at radius 2 is 0.750 bits per heavy atom. The third-order valence-electron chi connectivity index (χ3n) is 16.5. The number of rotatable bonds is 3. The molecule has 8 aliphatic rings. The Balaban J connectivity index is 1.10. The molecule has 330 valence electrons. The first-order chi connectivity index (χ1) is 31.2. The molecule has 0 radical (unpaired) electrons. The van der Waals surface area contributed by atoms with Crippen molar-refractivity contribution in [1.29, 1.82) is 0 Å². The molecule has 12 rings (SSSR count). The molecule has 4 amide bonds. The second-order valence-electron chi connectivity index (χ2n) is 18.3. The minimum absolute atomic E-state index is 0.404. The number of likely N-dealkylation sites (tertiary alicyclic amines) is 4. The van der Waals surface area contributed by atoms with Crippen LogP contribution in [-0.2, 0) is 40.6 Å². The molecule has 8 aliphatic heterocycles. The van der Waals surface area contributed by atoms with E-state index < -0.39 is 70.7 Å². The zero-order chi connectivity index (χ0) is 43.9. The molecule has 0 saturated carbocycles. The molecule has 0 aliphatic carbocycles. The van der Waals surface area contributed by atoms with Crippen molar-refractivity contribution in [2.24, 2.45) is 0 Å². The Labute approximate surface area is 370 Å². The van der Waals surface area contributed by atoms with E-state index in [1.54, 1.807) is 19.6 Å². The summed E-state index contributed by atoms with van der Waals surface area (Å²) in [4.78, 5) is 62.2. The number of benzene rings is 4. The summed E-state index contributed by atoms with van der Waals surface area (Å²) >= 11 is 0. The largest absolute Gasteiger partial charge is 0.453 e. The maximum atomic E-state index is 14.1. The number of nitrogens with zero attached hydrogens (tertiary/aromatic N) is 4. The Morgan fingerprint density at radius 1 is 0.422 bits per heavy atom. The molecular weight excluding hydrogens is 817 g/mol. The maximum Gasteiger partial charge on any atom is 0.411 e. The van der Waals surface area contributed by atoms with Gasteiger partial charge < -0.3 is 40.2 Å². The summed E-state index contributed by atoms with van der Waals surface area (Å²) in [5.41, 5.74) is 6.97. The lowest BCUT2D eigenvalue weighted by Gasteiger charge is -2.48. The molecule has 0 aromatic heterocycles. The van der Waals surface area contributed by atoms with E-state index in [4.69, 9.17) is 18.9 Å². The fraction of sp³-hybridized carbons (Fsp3) is 0.417. The second-order valence-corrected chi connectivity index (χ2v) is 18.3. The van der Waals surface area contributed by atoms with E-state index in [9.17, 15) is 19.2 Å². The third-order valence-corrected chi connectivity index (χ3v) is 16.5. The summed E-state index contributed by atoms with van der Waals surface area (Å²) in [5.74, 6) is 0. The number of hydrogen-bond acceptors (Lipinski definition) is 12. The van der Waals surface area contributed by atoms with Crippen LogP contribution in [0.15, 0.2) is 84.9 Å². The van der Waals surface area contributed by atoms with Crippen LogP contribution >= 0.6 is 0 Å². The van der Waals surface area contributed by atoms with Gasteiger partial charge in [-0.1, -0.05) is 72.8 Å². The van der Waals surface area contributed by atoms with Crippen LogP contribution in [0.2, 0.25) is 0 Å². The lowest BCUT2D eigenvalue weighted by atomic mass is 9.54. The Morgan fingerprint density at radius 3 is 1.14 bits per heavy atom. The van der Waals surface area contributed by atoms with Gasteiger partial charge in [0.15, 0.2) is 0 Å². The van der Waals surface area contributed by atoms with Crippen LogP contribution < -0.4 is 21.3 Å². The molecule has 64 heavy (non-hydrogen) atoms. The van der Waals surface area contributed by atoms with Crippen molar-refractivity contribution in [3.63, 3.8) is 0 Å². The van der Waals surface area contributed by atoms with Gasteiger partial charge in [0.2, 0.25) is 0 Å². The number of anilines is 4. The zero-order valence-corrected chi connectivity index (χ0v) is 36.1. The highest BCUT2D eigenvalue weighted by Crippen LogP contribution is 2.70. The van der Waals surface area contributed by atoms with Crippen LogP contribution in [0, 0.1) is 0 Å². The number of amides is 4. The van der Waals surface area contributed by atoms with Gasteiger partial charge in [-0.2, -0.15) is 0 Å². The average molecular weight is 867 g/mol. The summed E-state index contributed by atoms with van der Waals surface area (Å²) in [6, 6.07) is 29.3. The number of fused-ring (bicyclic) bond motifs is 13. The van der Waals surface area contributed by atoms with E-state index in [0.29, 0.717) is 51.9 Å². The minimum Gasteiger partial charge on any atom is -0.453 e. The Hall–Kier alpha value is -6.84. The van der Waals surface area contributed by atoms with Gasteiger partial charge >= 0.3 is 24.4 Å². The summed E-state index contributed by atoms with van der Waals surface area (Å²) < 4.78 is 21.8. The van der Waals surface area contributed by atoms with Crippen molar-refractivity contribution in [2.45, 2.75) is 72.0 Å². The van der Waals surface area contributed by atoms with Gasteiger partial charge in [0.1, 0.15) is 24.7 Å². The van der Waals surface area contributed by atoms with E-state index in [0.717, 1.165) is 56.1 Å². The molecule has 8 heterocycles. The smallest absolute Gasteiger partial charge is 0.411 e. The lowest BCUT2D eigenvalue weighted by Crippen LogP contribution is -2.61. The van der Waals surface area contributed by atoms with Gasteiger partial charge in [0, 0.05) is 48.9 Å². The molecule has 16 heteroatoms. The molecule has 8 unspecified atom stereocenters. The summed E-state index contributed by atoms with van der Waals surface area (Å²) in [5, 5.41) is 15.4. The topological polar surface area (TPSA) is 166 Å². The van der Waals surface area contributed by atoms with Crippen molar-refractivity contribution >= 4 is 47.1 Å². The number of para-hydroxylation sites is 4. The zero-order valence-electron chi connectivity index (χ0n) is 36.1. The highest BCUT2D eigenvalue weighted by molar-refractivity contribution is 5.85. The SMILES string of the molecule is COC(=O)N1CCC2(c3cccc4c3NC3N(C(=O)OC)CCC43C34CCN(C(=O)OC)C3Nc3c(C56CCN(C(=O)OC)C5Nc5ccccc56)cccc34)c3ccccc3NC12. The summed E-state index contributed by atoms with van der Waals surface area (Å²) in [6.45, 7) is 1.75. The van der Waals surface area contributed by atoms with Crippen molar-refractivity contribution in [1.82, 2.24) is 19.6 Å². The van der Waals surface area contributed by atoms with Crippen LogP contribution in [-0.4, -0.2) is 123 Å². The van der Waals surface area contributed by atoms with Crippen LogP contribution in [0.25, 0.3) is 0 Å². The fourth-order valence-corrected chi connectivity index (χ4v) is 14.2. The predicted molar refractivity (Wildman–Crippen MR) is 235 cm³/mol. The number of nitrogens with one attached hydrogen (secondary N) is 4. The second kappa shape index (κ2) is 13.3. The average Bonchev–Trinajstić information content (AvgIpc) is 4.20. The minimum atomic E-state index is -0.828. The highest BCUT2D eigenvalue weighted by Gasteiger charge is 2.75. The number of methoxy groups -OCH3 is 4. The summed E-state index contributed by atoms with van der Waals surface area (Å²) in [6.07, 6.45) is -1.39. The van der Waals surface area contributed by atoms with Gasteiger partial charge in [-0.3, -0.25) is 19.6 Å². The van der Waals surface area contributed by atoms with Crippen LogP contribution in [0.5, 0.6) is 0 Å². The van der Waals surface area contributed by atoms with Crippen molar-refractivity contribution in [3.05, 3.63) is 118 Å². The molecule has 0 spiro atoms. The van der Waals surface area contributed by atoms with E-state index in [1.165, 1.54) is 28.4 Å². The van der Waals surface area contributed by atoms with Gasteiger partial charge in [0.05, 0.1) is 50.1 Å². The van der Waals surface area contributed by atoms with Gasteiger partial charge in [-0.25, -0.2) is 19.2 Å². The molecule has 4 N–H and O–H groups in total. The van der Waals surface area contributed by atoms with Crippen LogP contribution in [0.3, 0.4) is 0 Å². The first-order valence-corrected chi connectivity index (χ1v) is 22.1. The molecule has 8 atom stereocenters. The molecule has 4 aromatic rings. The highest BCUT2D eigenvalue weighted by atomic mass is 16.6. The lowest BCUT2D eigenvalue weighted by molar-refractivity contribution is 0.0908. The normalized spacial score (nSPS) is 31.5. The monoisotopic (exact) mass is 866 g/mol.